The summed E-state index contributed by atoms with van der Waals surface area (Å²) in [6, 6.07) is 12.0. The smallest absolute Gasteiger partial charge is 0.252 e. The fourth-order valence-electron chi connectivity index (χ4n) is 2.70. The van der Waals surface area contributed by atoms with Crippen LogP contribution in [0.4, 0.5) is 5.69 Å². The molecule has 0 unspecified atom stereocenters. The lowest BCUT2D eigenvalue weighted by molar-refractivity contribution is 0.0952. The molecule has 0 aliphatic rings. The molecule has 2 N–H and O–H groups in total. The molecule has 0 aliphatic carbocycles. The second kappa shape index (κ2) is 8.34. The van der Waals surface area contributed by atoms with Crippen molar-refractivity contribution in [2.75, 3.05) is 18.4 Å². The lowest BCUT2D eigenvalue weighted by Crippen LogP contribution is -2.26. The highest BCUT2D eigenvalue weighted by Gasteiger charge is 2.08. The van der Waals surface area contributed by atoms with Gasteiger partial charge in [-0.3, -0.25) is 4.79 Å². The molecule has 0 spiro atoms. The van der Waals surface area contributed by atoms with E-state index in [1.165, 1.54) is 22.4 Å². The van der Waals surface area contributed by atoms with Gasteiger partial charge < -0.3 is 10.6 Å². The lowest BCUT2D eigenvalue weighted by Gasteiger charge is -2.14. The van der Waals surface area contributed by atoms with Crippen molar-refractivity contribution in [2.24, 2.45) is 0 Å². The zero-order valence-corrected chi connectivity index (χ0v) is 16.0. The van der Waals surface area contributed by atoms with Crippen LogP contribution in [0.1, 0.15) is 33.5 Å². The van der Waals surface area contributed by atoms with Crippen LogP contribution >= 0.6 is 22.6 Å². The van der Waals surface area contributed by atoms with Crippen LogP contribution in [-0.2, 0) is 0 Å². The number of amides is 1. The van der Waals surface area contributed by atoms with Crippen LogP contribution in [0.5, 0.6) is 0 Å². The van der Waals surface area contributed by atoms with Gasteiger partial charge in [-0.2, -0.15) is 0 Å². The third-order valence-corrected chi connectivity index (χ3v) is 4.68. The molecule has 0 radical (unpaired) electrons. The molecule has 2 aromatic rings. The number of hydrogen-bond acceptors (Lipinski definition) is 2. The van der Waals surface area contributed by atoms with Crippen LogP contribution < -0.4 is 10.6 Å². The van der Waals surface area contributed by atoms with E-state index in [-0.39, 0.29) is 5.91 Å². The summed E-state index contributed by atoms with van der Waals surface area (Å²) in [5.41, 5.74) is 5.77. The number of hydrogen-bond donors (Lipinski definition) is 2. The predicted octanol–water partition coefficient (Wildman–Crippen LogP) is 4.45. The number of carbonyl (C=O) groups excluding carboxylic acids is 1. The molecule has 0 bridgehead atoms. The first-order valence-corrected chi connectivity index (χ1v) is 8.91. The van der Waals surface area contributed by atoms with Crippen molar-refractivity contribution < 1.29 is 4.79 Å². The standard InChI is InChI=1S/C19H23IN2O/c1-13-11-14(2)18(15(3)12-13)21-9-6-10-22-19(23)16-7-4-5-8-17(16)20/h4-5,7-8,11-12,21H,6,9-10H2,1-3H3,(H,22,23). The van der Waals surface area contributed by atoms with E-state index in [1.807, 2.05) is 24.3 Å². The molecule has 122 valence electrons. The van der Waals surface area contributed by atoms with Gasteiger partial charge in [0.05, 0.1) is 5.56 Å². The minimum atomic E-state index is -0.00213. The van der Waals surface area contributed by atoms with E-state index in [0.29, 0.717) is 6.54 Å². The number of benzene rings is 2. The third-order valence-electron chi connectivity index (χ3n) is 3.74. The van der Waals surface area contributed by atoms with Gasteiger partial charge in [0.2, 0.25) is 0 Å². The first kappa shape index (κ1) is 17.8. The molecule has 23 heavy (non-hydrogen) atoms. The molecule has 0 heterocycles. The van der Waals surface area contributed by atoms with Crippen LogP contribution in [0.3, 0.4) is 0 Å². The summed E-state index contributed by atoms with van der Waals surface area (Å²) in [5, 5.41) is 6.46. The van der Waals surface area contributed by atoms with E-state index in [0.717, 1.165) is 22.1 Å². The molecule has 2 aromatic carbocycles. The molecule has 0 saturated carbocycles. The van der Waals surface area contributed by atoms with Crippen molar-refractivity contribution in [3.63, 3.8) is 0 Å². The highest BCUT2D eigenvalue weighted by Crippen LogP contribution is 2.21. The van der Waals surface area contributed by atoms with E-state index in [4.69, 9.17) is 0 Å². The summed E-state index contributed by atoms with van der Waals surface area (Å²) in [5.74, 6) is -0.00213. The van der Waals surface area contributed by atoms with Gasteiger partial charge in [0.25, 0.3) is 5.91 Å². The van der Waals surface area contributed by atoms with Crippen molar-refractivity contribution in [3.05, 3.63) is 62.2 Å². The van der Waals surface area contributed by atoms with E-state index < -0.39 is 0 Å². The molecule has 3 nitrogen and oxygen atoms in total. The summed E-state index contributed by atoms with van der Waals surface area (Å²) >= 11 is 2.19. The molecular formula is C19H23IN2O. The molecule has 2 rings (SSSR count). The van der Waals surface area contributed by atoms with E-state index in [1.54, 1.807) is 0 Å². The molecule has 0 aromatic heterocycles. The number of aryl methyl sites for hydroxylation is 3. The molecule has 4 heteroatoms. The molecule has 0 atom stereocenters. The Balaban J connectivity index is 1.79. The van der Waals surface area contributed by atoms with Crippen molar-refractivity contribution in [3.8, 4) is 0 Å². The minimum Gasteiger partial charge on any atom is -0.385 e. The summed E-state index contributed by atoms with van der Waals surface area (Å²) < 4.78 is 0.978. The van der Waals surface area contributed by atoms with Crippen LogP contribution in [0.25, 0.3) is 0 Å². The number of rotatable bonds is 6. The van der Waals surface area contributed by atoms with Crippen LogP contribution in [-0.4, -0.2) is 19.0 Å². The normalized spacial score (nSPS) is 10.4. The Morgan fingerprint density at radius 1 is 1.04 bits per heavy atom. The van der Waals surface area contributed by atoms with Crippen molar-refractivity contribution in [1.29, 1.82) is 0 Å². The van der Waals surface area contributed by atoms with Gasteiger partial charge in [0.1, 0.15) is 0 Å². The molecule has 0 aliphatic heterocycles. The fourth-order valence-corrected chi connectivity index (χ4v) is 3.34. The first-order chi connectivity index (χ1) is 11.0. The number of carbonyl (C=O) groups is 1. The van der Waals surface area contributed by atoms with E-state index in [2.05, 4.69) is 66.1 Å². The van der Waals surface area contributed by atoms with E-state index in [9.17, 15) is 4.79 Å². The number of halogens is 1. The van der Waals surface area contributed by atoms with Crippen molar-refractivity contribution in [1.82, 2.24) is 5.32 Å². The number of nitrogens with one attached hydrogen (secondary N) is 2. The second-order valence-corrected chi connectivity index (χ2v) is 6.95. The fraction of sp³-hybridized carbons (Fsp3) is 0.316. The van der Waals surface area contributed by atoms with Crippen LogP contribution in [0.2, 0.25) is 0 Å². The Kier molecular flexibility index (Phi) is 6.45. The molecule has 0 fully saturated rings. The van der Waals surface area contributed by atoms with Gasteiger partial charge in [-0.15, -0.1) is 0 Å². The van der Waals surface area contributed by atoms with Gasteiger partial charge in [0, 0.05) is 22.3 Å². The highest BCUT2D eigenvalue weighted by molar-refractivity contribution is 14.1. The average Bonchev–Trinajstić information content (AvgIpc) is 2.49. The summed E-state index contributed by atoms with van der Waals surface area (Å²) in [6.45, 7) is 7.88. The van der Waals surface area contributed by atoms with Gasteiger partial charge in [-0.05, 0) is 73.0 Å². The summed E-state index contributed by atoms with van der Waals surface area (Å²) in [7, 11) is 0. The predicted molar refractivity (Wildman–Crippen MR) is 105 cm³/mol. The first-order valence-electron chi connectivity index (χ1n) is 7.83. The Bertz CT molecular complexity index is 675. The van der Waals surface area contributed by atoms with Gasteiger partial charge in [-0.1, -0.05) is 29.8 Å². The summed E-state index contributed by atoms with van der Waals surface area (Å²) in [6.07, 6.45) is 0.891. The maximum Gasteiger partial charge on any atom is 0.252 e. The van der Waals surface area contributed by atoms with Gasteiger partial charge >= 0.3 is 0 Å². The largest absolute Gasteiger partial charge is 0.385 e. The van der Waals surface area contributed by atoms with Crippen molar-refractivity contribution >= 4 is 34.2 Å². The monoisotopic (exact) mass is 422 g/mol. The zero-order valence-electron chi connectivity index (χ0n) is 13.9. The van der Waals surface area contributed by atoms with Gasteiger partial charge in [-0.25, -0.2) is 0 Å². The number of anilines is 1. The van der Waals surface area contributed by atoms with Crippen molar-refractivity contribution in [2.45, 2.75) is 27.2 Å². The van der Waals surface area contributed by atoms with Gasteiger partial charge in [0.15, 0.2) is 0 Å². The zero-order chi connectivity index (χ0) is 16.8. The SMILES string of the molecule is Cc1cc(C)c(NCCCNC(=O)c2ccccc2I)c(C)c1. The molecule has 0 saturated heterocycles. The minimum absolute atomic E-state index is 0.00213. The topological polar surface area (TPSA) is 41.1 Å². The molecule has 1 amide bonds. The highest BCUT2D eigenvalue weighted by atomic mass is 127. The molecular weight excluding hydrogens is 399 g/mol. The maximum absolute atomic E-state index is 12.1. The second-order valence-electron chi connectivity index (χ2n) is 5.79. The third kappa shape index (κ3) is 4.96. The van der Waals surface area contributed by atoms with Crippen LogP contribution in [0, 0.1) is 24.3 Å². The van der Waals surface area contributed by atoms with Crippen LogP contribution in [0.15, 0.2) is 36.4 Å². The average molecular weight is 422 g/mol. The Hall–Kier alpha value is -1.56. The maximum atomic E-state index is 12.1. The quantitative estimate of drug-likeness (QED) is 0.534. The van der Waals surface area contributed by atoms with E-state index >= 15 is 0 Å². The Morgan fingerprint density at radius 3 is 2.35 bits per heavy atom. The summed E-state index contributed by atoms with van der Waals surface area (Å²) in [4.78, 5) is 12.1. The Morgan fingerprint density at radius 2 is 1.70 bits per heavy atom. The lowest BCUT2D eigenvalue weighted by atomic mass is 10.1. The Labute approximate surface area is 152 Å².